The lowest BCUT2D eigenvalue weighted by Crippen LogP contribution is -2.04. The largest absolute Gasteiger partial charge is 0.387 e. The van der Waals surface area contributed by atoms with Crippen LogP contribution in [0.5, 0.6) is 0 Å². The molecule has 0 amide bonds. The number of thioether (sulfide) groups is 1. The van der Waals surface area contributed by atoms with Crippen LogP contribution in [0.15, 0.2) is 35.6 Å². The van der Waals surface area contributed by atoms with Crippen molar-refractivity contribution in [2.45, 2.75) is 11.3 Å². The number of fused-ring (bicyclic) bond motifs is 1. The minimum Gasteiger partial charge on any atom is -0.387 e. The average Bonchev–Trinajstić information content (AvgIpc) is 2.88. The van der Waals surface area contributed by atoms with E-state index in [2.05, 4.69) is 10.2 Å². The number of nitrogens with zero attached hydrogens (tertiary/aromatic N) is 3. The van der Waals surface area contributed by atoms with E-state index in [1.807, 2.05) is 0 Å². The van der Waals surface area contributed by atoms with Gasteiger partial charge < -0.3 is 5.11 Å². The molecule has 0 radical (unpaired) electrons. The van der Waals surface area contributed by atoms with Gasteiger partial charge in [-0.15, -0.1) is 10.2 Å². The van der Waals surface area contributed by atoms with E-state index in [1.54, 1.807) is 16.7 Å². The van der Waals surface area contributed by atoms with E-state index >= 15 is 0 Å². The monoisotopic (exact) mass is 375 g/mol. The van der Waals surface area contributed by atoms with Crippen LogP contribution in [0.25, 0.3) is 5.65 Å². The second kappa shape index (κ2) is 6.60. The van der Waals surface area contributed by atoms with Gasteiger partial charge in [0.2, 0.25) is 0 Å². The lowest BCUT2D eigenvalue weighted by Gasteiger charge is -2.11. The Morgan fingerprint density at radius 2 is 2.00 bits per heavy atom. The Hall–Kier alpha value is -1.41. The van der Waals surface area contributed by atoms with E-state index in [9.17, 15) is 13.9 Å². The van der Waals surface area contributed by atoms with Crippen LogP contribution in [-0.2, 0) is 0 Å². The van der Waals surface area contributed by atoms with Crippen molar-refractivity contribution < 1.29 is 13.9 Å². The molecular weight excluding hydrogens is 367 g/mol. The Balaban J connectivity index is 1.80. The van der Waals surface area contributed by atoms with E-state index in [4.69, 9.17) is 23.2 Å². The Morgan fingerprint density at radius 1 is 1.22 bits per heavy atom. The number of hydrogen-bond acceptors (Lipinski definition) is 4. The molecule has 3 rings (SSSR count). The number of halogens is 4. The highest BCUT2D eigenvalue weighted by atomic mass is 35.5. The van der Waals surface area contributed by atoms with Crippen molar-refractivity contribution in [3.63, 3.8) is 0 Å². The van der Waals surface area contributed by atoms with Gasteiger partial charge in [0.05, 0.1) is 16.1 Å². The van der Waals surface area contributed by atoms with Gasteiger partial charge in [-0.3, -0.25) is 4.40 Å². The first kappa shape index (κ1) is 16.4. The second-order valence-electron chi connectivity index (χ2n) is 4.68. The molecule has 2 heterocycles. The molecule has 120 valence electrons. The summed E-state index contributed by atoms with van der Waals surface area (Å²) >= 11 is 13.1. The third-order valence-electron chi connectivity index (χ3n) is 3.09. The predicted octanol–water partition coefficient (Wildman–Crippen LogP) is 4.14. The molecular formula is C14H9Cl2F2N3OS. The molecule has 0 bridgehead atoms. The SMILES string of the molecule is O[C@H](CSc1nnc2c(Cl)cc(Cl)cn12)c1ccc(F)cc1F. The fraction of sp³-hybridized carbons (Fsp3) is 0.143. The molecule has 0 fully saturated rings. The van der Waals surface area contributed by atoms with Crippen LogP contribution in [-0.4, -0.2) is 25.5 Å². The molecule has 0 aliphatic heterocycles. The van der Waals surface area contributed by atoms with Crippen LogP contribution in [0.3, 0.4) is 0 Å². The first-order valence-electron chi connectivity index (χ1n) is 6.41. The van der Waals surface area contributed by atoms with Gasteiger partial charge in [0.15, 0.2) is 10.8 Å². The molecule has 9 heteroatoms. The van der Waals surface area contributed by atoms with Crippen LogP contribution in [0.2, 0.25) is 10.0 Å². The summed E-state index contributed by atoms with van der Waals surface area (Å²) in [5.74, 6) is -1.39. The fourth-order valence-electron chi connectivity index (χ4n) is 2.02. The second-order valence-corrected chi connectivity index (χ2v) is 6.51. The van der Waals surface area contributed by atoms with E-state index in [1.165, 1.54) is 6.07 Å². The molecule has 0 unspecified atom stereocenters. The van der Waals surface area contributed by atoms with Gasteiger partial charge in [-0.1, -0.05) is 41.0 Å². The molecule has 0 aliphatic carbocycles. The van der Waals surface area contributed by atoms with Crippen molar-refractivity contribution in [2.24, 2.45) is 0 Å². The Labute approximate surface area is 144 Å². The molecule has 1 aromatic carbocycles. The normalized spacial score (nSPS) is 12.7. The average molecular weight is 376 g/mol. The summed E-state index contributed by atoms with van der Waals surface area (Å²) in [5, 5.41) is 19.2. The Bertz CT molecular complexity index is 875. The van der Waals surface area contributed by atoms with Crippen molar-refractivity contribution in [2.75, 3.05) is 5.75 Å². The molecule has 4 nitrogen and oxygen atoms in total. The van der Waals surface area contributed by atoms with Crippen LogP contribution in [0, 0.1) is 11.6 Å². The molecule has 1 N–H and O–H groups in total. The minimum atomic E-state index is -1.12. The number of aliphatic hydroxyl groups is 1. The Morgan fingerprint density at radius 3 is 2.74 bits per heavy atom. The van der Waals surface area contributed by atoms with E-state index in [0.717, 1.165) is 23.9 Å². The first-order valence-corrected chi connectivity index (χ1v) is 8.15. The zero-order valence-corrected chi connectivity index (χ0v) is 13.7. The molecule has 0 saturated heterocycles. The third kappa shape index (κ3) is 3.42. The van der Waals surface area contributed by atoms with Gasteiger partial charge in [0.25, 0.3) is 0 Å². The highest BCUT2D eigenvalue weighted by Crippen LogP contribution is 2.28. The van der Waals surface area contributed by atoms with Gasteiger partial charge in [-0.2, -0.15) is 0 Å². The minimum absolute atomic E-state index is 0.0174. The van der Waals surface area contributed by atoms with Gasteiger partial charge in [0.1, 0.15) is 11.6 Å². The van der Waals surface area contributed by atoms with Crippen LogP contribution in [0.4, 0.5) is 8.78 Å². The third-order valence-corrected chi connectivity index (χ3v) is 4.59. The molecule has 0 spiro atoms. The lowest BCUT2D eigenvalue weighted by molar-refractivity contribution is 0.198. The predicted molar refractivity (Wildman–Crippen MR) is 85.0 cm³/mol. The van der Waals surface area contributed by atoms with Gasteiger partial charge in [0, 0.05) is 23.6 Å². The Kier molecular flexibility index (Phi) is 4.72. The summed E-state index contributed by atoms with van der Waals surface area (Å²) in [6.07, 6.45) is 0.471. The molecule has 0 saturated carbocycles. The van der Waals surface area contributed by atoms with Crippen LogP contribution >= 0.6 is 35.0 Å². The topological polar surface area (TPSA) is 50.4 Å². The van der Waals surface area contributed by atoms with Gasteiger partial charge in [-0.25, -0.2) is 8.78 Å². The molecule has 2 aromatic heterocycles. The maximum Gasteiger partial charge on any atom is 0.195 e. The number of benzene rings is 1. The molecule has 23 heavy (non-hydrogen) atoms. The summed E-state index contributed by atoms with van der Waals surface area (Å²) < 4.78 is 28.1. The summed E-state index contributed by atoms with van der Waals surface area (Å²) in [5.41, 5.74) is 0.449. The standard InChI is InChI=1S/C14H9Cl2F2N3OS/c15-7-3-10(16)13-19-20-14(21(13)5-7)23-6-12(22)9-2-1-8(17)4-11(9)18/h1-5,12,22H,6H2/t12-/m1/s1. The number of pyridine rings is 1. The number of aliphatic hydroxyl groups excluding tert-OH is 1. The highest BCUT2D eigenvalue weighted by molar-refractivity contribution is 7.99. The molecule has 3 aromatic rings. The maximum absolute atomic E-state index is 13.6. The summed E-state index contributed by atoms with van der Waals surface area (Å²) in [4.78, 5) is 0. The highest BCUT2D eigenvalue weighted by Gasteiger charge is 2.16. The molecule has 0 aliphatic rings. The quantitative estimate of drug-likeness (QED) is 0.696. The van der Waals surface area contributed by atoms with E-state index in [-0.39, 0.29) is 11.3 Å². The zero-order valence-electron chi connectivity index (χ0n) is 11.4. The first-order chi connectivity index (χ1) is 11.0. The van der Waals surface area contributed by atoms with E-state index in [0.29, 0.717) is 20.8 Å². The fourth-order valence-corrected chi connectivity index (χ4v) is 3.39. The summed E-state index contributed by atoms with van der Waals surface area (Å²) in [7, 11) is 0. The smallest absolute Gasteiger partial charge is 0.195 e. The van der Waals surface area contributed by atoms with Crippen molar-refractivity contribution in [1.29, 1.82) is 0 Å². The molecule has 1 atom stereocenters. The maximum atomic E-state index is 13.6. The number of hydrogen-bond donors (Lipinski definition) is 1. The van der Waals surface area contributed by atoms with Crippen LogP contribution in [0.1, 0.15) is 11.7 Å². The van der Waals surface area contributed by atoms with Crippen molar-refractivity contribution in [1.82, 2.24) is 14.6 Å². The number of rotatable bonds is 4. The summed E-state index contributed by atoms with van der Waals surface area (Å²) in [6.45, 7) is 0. The lowest BCUT2D eigenvalue weighted by atomic mass is 10.1. The van der Waals surface area contributed by atoms with Crippen molar-refractivity contribution in [3.05, 3.63) is 57.7 Å². The number of aromatic nitrogens is 3. The zero-order chi connectivity index (χ0) is 16.6. The summed E-state index contributed by atoms with van der Waals surface area (Å²) in [6, 6.07) is 4.59. The van der Waals surface area contributed by atoms with Gasteiger partial charge in [-0.05, 0) is 12.1 Å². The van der Waals surface area contributed by atoms with Crippen molar-refractivity contribution >= 4 is 40.6 Å². The van der Waals surface area contributed by atoms with Gasteiger partial charge >= 0.3 is 0 Å². The van der Waals surface area contributed by atoms with Crippen LogP contribution < -0.4 is 0 Å². The van der Waals surface area contributed by atoms with Crippen molar-refractivity contribution in [3.8, 4) is 0 Å². The van der Waals surface area contributed by atoms with E-state index < -0.39 is 17.7 Å².